The molecule has 2 N–H and O–H groups in total. The van der Waals surface area contributed by atoms with Gasteiger partial charge < -0.3 is 5.32 Å². The number of aromatic amines is 1. The molecule has 0 fully saturated rings. The van der Waals surface area contributed by atoms with E-state index >= 15 is 0 Å². The number of aromatic nitrogens is 5. The fourth-order valence-corrected chi connectivity index (χ4v) is 2.19. The smallest absolute Gasteiger partial charge is 0.254 e. The highest BCUT2D eigenvalue weighted by atomic mass is 35.5. The lowest BCUT2D eigenvalue weighted by molar-refractivity contribution is 0.0954. The number of nitrogens with zero attached hydrogens (tertiary/aromatic N) is 4. The van der Waals surface area contributed by atoms with E-state index in [0.29, 0.717) is 30.2 Å². The van der Waals surface area contributed by atoms with Crippen molar-refractivity contribution < 1.29 is 4.79 Å². The van der Waals surface area contributed by atoms with Crippen LogP contribution in [0.15, 0.2) is 42.9 Å². The topological polar surface area (TPSA) is 96.5 Å². The molecule has 0 bridgehead atoms. The quantitative estimate of drug-likeness (QED) is 0.697. The molecule has 7 nitrogen and oxygen atoms in total. The van der Waals surface area contributed by atoms with Crippen LogP contribution in [0.2, 0.25) is 5.15 Å². The Kier molecular flexibility index (Phi) is 4.58. The molecule has 8 heteroatoms. The lowest BCUT2D eigenvalue weighted by atomic mass is 10.2. The van der Waals surface area contributed by atoms with Gasteiger partial charge in [0.1, 0.15) is 11.0 Å². The van der Waals surface area contributed by atoms with Crippen LogP contribution >= 0.6 is 11.6 Å². The lowest BCUT2D eigenvalue weighted by Gasteiger charge is -2.04. The molecule has 0 aliphatic rings. The summed E-state index contributed by atoms with van der Waals surface area (Å²) in [6.07, 6.45) is 5.43. The Balaban J connectivity index is 1.56. The summed E-state index contributed by atoms with van der Waals surface area (Å²) in [5, 5.41) is 9.97. The number of carbonyl (C=O) groups is 1. The van der Waals surface area contributed by atoms with Gasteiger partial charge in [0, 0.05) is 37.1 Å². The fraction of sp³-hybridized carbons (Fsp3) is 0.133. The van der Waals surface area contributed by atoms with E-state index in [4.69, 9.17) is 11.6 Å². The number of pyridine rings is 2. The van der Waals surface area contributed by atoms with Crippen molar-refractivity contribution in [2.75, 3.05) is 6.54 Å². The predicted molar refractivity (Wildman–Crippen MR) is 84.9 cm³/mol. The SMILES string of the molecule is O=C(NCCc1nc(-c2ccncc2)n[nH]1)c1cccnc1Cl. The third kappa shape index (κ3) is 3.70. The average molecular weight is 329 g/mol. The van der Waals surface area contributed by atoms with Crippen LogP contribution in [0.1, 0.15) is 16.2 Å². The first kappa shape index (κ1) is 15.1. The molecule has 0 radical (unpaired) electrons. The summed E-state index contributed by atoms with van der Waals surface area (Å²) >= 11 is 5.88. The zero-order chi connectivity index (χ0) is 16.1. The molecule has 0 saturated heterocycles. The Bertz CT molecular complexity index is 804. The van der Waals surface area contributed by atoms with E-state index in [0.717, 1.165) is 5.56 Å². The molecular weight excluding hydrogens is 316 g/mol. The minimum atomic E-state index is -0.267. The monoisotopic (exact) mass is 328 g/mol. The molecule has 0 aliphatic heterocycles. The van der Waals surface area contributed by atoms with Crippen LogP contribution < -0.4 is 5.32 Å². The highest BCUT2D eigenvalue weighted by Gasteiger charge is 2.11. The standard InChI is InChI=1S/C15H13ClN6O/c16-13-11(2-1-6-18-13)15(23)19-9-5-12-20-14(22-21-12)10-3-7-17-8-4-10/h1-4,6-8H,5,9H2,(H,19,23)(H,20,21,22). The molecule has 0 aromatic carbocycles. The first-order valence-corrected chi connectivity index (χ1v) is 7.32. The molecular formula is C15H13ClN6O. The number of carbonyl (C=O) groups excluding carboxylic acids is 1. The summed E-state index contributed by atoms with van der Waals surface area (Å²) in [5.41, 5.74) is 1.23. The van der Waals surface area contributed by atoms with Crippen LogP contribution in [-0.2, 0) is 6.42 Å². The van der Waals surface area contributed by atoms with Crippen molar-refractivity contribution in [1.82, 2.24) is 30.5 Å². The number of amides is 1. The van der Waals surface area contributed by atoms with Crippen molar-refractivity contribution >= 4 is 17.5 Å². The Hall–Kier alpha value is -2.80. The van der Waals surface area contributed by atoms with Crippen molar-refractivity contribution in [2.24, 2.45) is 0 Å². The molecule has 116 valence electrons. The number of halogens is 1. The van der Waals surface area contributed by atoms with Gasteiger partial charge in [-0.05, 0) is 24.3 Å². The van der Waals surface area contributed by atoms with Gasteiger partial charge in [-0.2, -0.15) is 5.10 Å². The number of rotatable bonds is 5. The van der Waals surface area contributed by atoms with E-state index in [-0.39, 0.29) is 11.1 Å². The molecule has 1 amide bonds. The van der Waals surface area contributed by atoms with E-state index in [1.165, 1.54) is 6.20 Å². The minimum absolute atomic E-state index is 0.185. The van der Waals surface area contributed by atoms with Crippen molar-refractivity contribution in [1.29, 1.82) is 0 Å². The summed E-state index contributed by atoms with van der Waals surface area (Å²) < 4.78 is 0. The first-order chi connectivity index (χ1) is 11.2. The Morgan fingerprint density at radius 3 is 2.83 bits per heavy atom. The minimum Gasteiger partial charge on any atom is -0.351 e. The normalized spacial score (nSPS) is 10.5. The molecule has 0 atom stereocenters. The average Bonchev–Trinajstić information content (AvgIpc) is 3.05. The van der Waals surface area contributed by atoms with Crippen LogP contribution in [-0.4, -0.2) is 37.6 Å². The third-order valence-corrected chi connectivity index (χ3v) is 3.42. The molecule has 0 unspecified atom stereocenters. The Labute approximate surface area is 137 Å². The van der Waals surface area contributed by atoms with E-state index in [1.54, 1.807) is 24.5 Å². The number of H-pyrrole nitrogens is 1. The van der Waals surface area contributed by atoms with Crippen LogP contribution in [0.25, 0.3) is 11.4 Å². The number of nitrogens with one attached hydrogen (secondary N) is 2. The van der Waals surface area contributed by atoms with E-state index in [2.05, 4.69) is 30.5 Å². The summed E-state index contributed by atoms with van der Waals surface area (Å²) in [5.74, 6) is 1.02. The number of hydrogen-bond donors (Lipinski definition) is 2. The molecule has 0 aliphatic carbocycles. The van der Waals surface area contributed by atoms with Crippen LogP contribution in [0.3, 0.4) is 0 Å². The van der Waals surface area contributed by atoms with Gasteiger partial charge in [0.05, 0.1) is 5.56 Å². The first-order valence-electron chi connectivity index (χ1n) is 6.94. The predicted octanol–water partition coefficient (Wildman–Crippen LogP) is 1.89. The second-order valence-corrected chi connectivity index (χ2v) is 5.05. The zero-order valence-corrected chi connectivity index (χ0v) is 12.8. The number of hydrogen-bond acceptors (Lipinski definition) is 5. The fourth-order valence-electron chi connectivity index (χ4n) is 1.98. The van der Waals surface area contributed by atoms with Crippen molar-refractivity contribution in [2.45, 2.75) is 6.42 Å². The zero-order valence-electron chi connectivity index (χ0n) is 12.0. The van der Waals surface area contributed by atoms with Gasteiger partial charge in [0.25, 0.3) is 5.91 Å². The van der Waals surface area contributed by atoms with Gasteiger partial charge in [-0.3, -0.25) is 14.9 Å². The molecule has 3 aromatic heterocycles. The van der Waals surface area contributed by atoms with Gasteiger partial charge in [-0.25, -0.2) is 9.97 Å². The van der Waals surface area contributed by atoms with Gasteiger partial charge in [0.2, 0.25) is 0 Å². The van der Waals surface area contributed by atoms with E-state index < -0.39 is 0 Å². The maximum absolute atomic E-state index is 12.0. The largest absolute Gasteiger partial charge is 0.351 e. The highest BCUT2D eigenvalue weighted by molar-refractivity contribution is 6.32. The third-order valence-electron chi connectivity index (χ3n) is 3.12. The van der Waals surface area contributed by atoms with E-state index in [1.807, 2.05) is 12.1 Å². The molecule has 3 rings (SSSR count). The molecule has 3 heterocycles. The van der Waals surface area contributed by atoms with Crippen molar-refractivity contribution in [3.63, 3.8) is 0 Å². The summed E-state index contributed by atoms with van der Waals surface area (Å²) in [6, 6.07) is 6.96. The van der Waals surface area contributed by atoms with Crippen LogP contribution in [0, 0.1) is 0 Å². The molecule has 23 heavy (non-hydrogen) atoms. The second kappa shape index (κ2) is 6.97. The van der Waals surface area contributed by atoms with Gasteiger partial charge in [0.15, 0.2) is 5.82 Å². The summed E-state index contributed by atoms with van der Waals surface area (Å²) in [6.45, 7) is 0.412. The van der Waals surface area contributed by atoms with E-state index in [9.17, 15) is 4.79 Å². The lowest BCUT2D eigenvalue weighted by Crippen LogP contribution is -2.26. The van der Waals surface area contributed by atoms with Crippen LogP contribution in [0.5, 0.6) is 0 Å². The molecule has 0 saturated carbocycles. The van der Waals surface area contributed by atoms with Gasteiger partial charge in [-0.1, -0.05) is 11.6 Å². The Morgan fingerprint density at radius 2 is 2.04 bits per heavy atom. The van der Waals surface area contributed by atoms with Crippen molar-refractivity contribution in [3.05, 3.63) is 59.4 Å². The van der Waals surface area contributed by atoms with Gasteiger partial charge in [-0.15, -0.1) is 0 Å². The van der Waals surface area contributed by atoms with Crippen LogP contribution in [0.4, 0.5) is 0 Å². The second-order valence-electron chi connectivity index (χ2n) is 4.69. The molecule has 3 aromatic rings. The highest BCUT2D eigenvalue weighted by Crippen LogP contribution is 2.13. The summed E-state index contributed by atoms with van der Waals surface area (Å²) in [7, 11) is 0. The maximum atomic E-state index is 12.0. The maximum Gasteiger partial charge on any atom is 0.254 e. The van der Waals surface area contributed by atoms with Gasteiger partial charge >= 0.3 is 0 Å². The van der Waals surface area contributed by atoms with Crippen molar-refractivity contribution in [3.8, 4) is 11.4 Å². The summed E-state index contributed by atoms with van der Waals surface area (Å²) in [4.78, 5) is 24.2. The Morgan fingerprint density at radius 1 is 1.22 bits per heavy atom. The molecule has 0 spiro atoms.